The maximum absolute atomic E-state index is 11.8. The SMILES string of the molecule is CS(=O)(=O)CCC(CNCc1cccc(Cl)c1)N[C@@H](Cc1ccc(C#N)cc1)c1cnc[nH]1. The Balaban J connectivity index is 1.71. The molecule has 0 aliphatic carbocycles. The van der Waals surface area contributed by atoms with E-state index >= 15 is 0 Å². The van der Waals surface area contributed by atoms with Crippen molar-refractivity contribution in [3.8, 4) is 6.07 Å². The van der Waals surface area contributed by atoms with Crippen molar-refractivity contribution in [1.82, 2.24) is 20.6 Å². The molecule has 7 nitrogen and oxygen atoms in total. The number of aromatic amines is 1. The zero-order valence-corrected chi connectivity index (χ0v) is 20.0. The molecular weight excluding hydrogens is 458 g/mol. The van der Waals surface area contributed by atoms with Crippen LogP contribution in [0.3, 0.4) is 0 Å². The second kappa shape index (κ2) is 12.0. The highest BCUT2D eigenvalue weighted by atomic mass is 35.5. The first-order valence-corrected chi connectivity index (χ1v) is 13.1. The highest BCUT2D eigenvalue weighted by molar-refractivity contribution is 7.90. The number of nitrogens with zero attached hydrogens (tertiary/aromatic N) is 2. The van der Waals surface area contributed by atoms with Crippen LogP contribution in [0.1, 0.15) is 34.8 Å². The lowest BCUT2D eigenvalue weighted by molar-refractivity contribution is 0.397. The molecule has 0 aliphatic rings. The number of sulfone groups is 1. The second-order valence-electron chi connectivity index (χ2n) is 8.12. The quantitative estimate of drug-likeness (QED) is 0.362. The number of halogens is 1. The summed E-state index contributed by atoms with van der Waals surface area (Å²) in [6.07, 6.45) is 5.80. The predicted octanol–water partition coefficient (Wildman–Crippen LogP) is 3.40. The summed E-state index contributed by atoms with van der Waals surface area (Å²) < 4.78 is 23.7. The van der Waals surface area contributed by atoms with E-state index in [1.54, 1.807) is 24.7 Å². The van der Waals surface area contributed by atoms with Crippen LogP contribution in [0.2, 0.25) is 5.02 Å². The van der Waals surface area contributed by atoms with Gasteiger partial charge in [-0.25, -0.2) is 13.4 Å². The first-order valence-electron chi connectivity index (χ1n) is 10.7. The Kier molecular flexibility index (Phi) is 9.03. The largest absolute Gasteiger partial charge is 0.347 e. The number of hydrogen-bond donors (Lipinski definition) is 3. The summed E-state index contributed by atoms with van der Waals surface area (Å²) in [5, 5.41) is 16.8. The molecule has 0 fully saturated rings. The lowest BCUT2D eigenvalue weighted by atomic mass is 10.0. The molecule has 0 saturated heterocycles. The van der Waals surface area contributed by atoms with Crippen molar-refractivity contribution < 1.29 is 8.42 Å². The molecule has 3 aromatic rings. The van der Waals surface area contributed by atoms with Crippen LogP contribution in [0.4, 0.5) is 0 Å². The van der Waals surface area contributed by atoms with Gasteiger partial charge >= 0.3 is 0 Å². The van der Waals surface area contributed by atoms with Crippen molar-refractivity contribution >= 4 is 21.4 Å². The number of nitrogens with one attached hydrogen (secondary N) is 3. The molecular formula is C24H28ClN5O2S. The number of hydrogen-bond acceptors (Lipinski definition) is 6. The van der Waals surface area contributed by atoms with Crippen LogP contribution in [0.5, 0.6) is 0 Å². The number of aromatic nitrogens is 2. The van der Waals surface area contributed by atoms with E-state index in [0.29, 0.717) is 36.5 Å². The van der Waals surface area contributed by atoms with Gasteiger partial charge in [0.25, 0.3) is 0 Å². The fourth-order valence-corrected chi connectivity index (χ4v) is 4.52. The van der Waals surface area contributed by atoms with Crippen molar-refractivity contribution in [2.45, 2.75) is 31.5 Å². The van der Waals surface area contributed by atoms with Crippen molar-refractivity contribution in [2.24, 2.45) is 0 Å². The van der Waals surface area contributed by atoms with E-state index in [0.717, 1.165) is 16.8 Å². The second-order valence-corrected chi connectivity index (χ2v) is 10.8. The number of imidazole rings is 1. The molecule has 0 amide bonds. The van der Waals surface area contributed by atoms with E-state index < -0.39 is 9.84 Å². The molecule has 0 bridgehead atoms. The van der Waals surface area contributed by atoms with Gasteiger partial charge in [-0.1, -0.05) is 35.9 Å². The van der Waals surface area contributed by atoms with Crippen molar-refractivity contribution in [3.05, 3.63) is 88.5 Å². The third-order valence-corrected chi connectivity index (χ3v) is 6.51. The highest BCUT2D eigenvalue weighted by Crippen LogP contribution is 2.19. The zero-order chi connectivity index (χ0) is 23.7. The first-order chi connectivity index (χ1) is 15.8. The summed E-state index contributed by atoms with van der Waals surface area (Å²) in [5.41, 5.74) is 3.65. The van der Waals surface area contributed by atoms with E-state index in [1.165, 1.54) is 6.26 Å². The average molecular weight is 486 g/mol. The fourth-order valence-electron chi connectivity index (χ4n) is 3.59. The van der Waals surface area contributed by atoms with Crippen LogP contribution < -0.4 is 10.6 Å². The van der Waals surface area contributed by atoms with Crippen molar-refractivity contribution in [3.63, 3.8) is 0 Å². The maximum Gasteiger partial charge on any atom is 0.147 e. The van der Waals surface area contributed by atoms with Gasteiger partial charge in [0.2, 0.25) is 0 Å². The zero-order valence-electron chi connectivity index (χ0n) is 18.5. The van der Waals surface area contributed by atoms with Crippen LogP contribution in [-0.2, 0) is 22.8 Å². The van der Waals surface area contributed by atoms with Crippen molar-refractivity contribution in [1.29, 1.82) is 5.26 Å². The Morgan fingerprint density at radius 3 is 2.61 bits per heavy atom. The van der Waals surface area contributed by atoms with E-state index in [-0.39, 0.29) is 17.8 Å². The summed E-state index contributed by atoms with van der Waals surface area (Å²) in [6.45, 7) is 1.21. The number of nitriles is 1. The van der Waals surface area contributed by atoms with Gasteiger partial charge in [0.15, 0.2) is 0 Å². The number of H-pyrrole nitrogens is 1. The Bertz CT molecular complexity index is 1160. The van der Waals surface area contributed by atoms with Gasteiger partial charge in [-0.3, -0.25) is 0 Å². The van der Waals surface area contributed by atoms with Gasteiger partial charge in [-0.2, -0.15) is 5.26 Å². The van der Waals surface area contributed by atoms with E-state index in [2.05, 4.69) is 26.7 Å². The van der Waals surface area contributed by atoms with Crippen LogP contribution in [0.25, 0.3) is 0 Å². The third kappa shape index (κ3) is 8.63. The molecule has 33 heavy (non-hydrogen) atoms. The average Bonchev–Trinajstić information content (AvgIpc) is 3.32. The standard InChI is InChI=1S/C24H28ClN5O2S/c1-33(31,32)10-9-22(15-27-14-20-3-2-4-21(25)11-20)30-23(24-16-28-17-29-24)12-18-5-7-19(13-26)8-6-18/h2-8,11,16-17,22-23,27,30H,9-10,12,14-15H2,1H3,(H,28,29)/t22?,23-/m0/s1. The van der Waals surface area contributed by atoms with E-state index in [1.807, 2.05) is 36.4 Å². The van der Waals surface area contributed by atoms with Crippen LogP contribution in [0.15, 0.2) is 61.1 Å². The molecule has 1 unspecified atom stereocenters. The molecule has 2 aromatic carbocycles. The Morgan fingerprint density at radius 1 is 1.18 bits per heavy atom. The molecule has 2 atom stereocenters. The summed E-state index contributed by atoms with van der Waals surface area (Å²) >= 11 is 6.07. The minimum Gasteiger partial charge on any atom is -0.347 e. The highest BCUT2D eigenvalue weighted by Gasteiger charge is 2.20. The predicted molar refractivity (Wildman–Crippen MR) is 131 cm³/mol. The normalized spacial score (nSPS) is 13.4. The smallest absolute Gasteiger partial charge is 0.147 e. The van der Waals surface area contributed by atoms with Gasteiger partial charge in [-0.15, -0.1) is 0 Å². The van der Waals surface area contributed by atoms with E-state index in [4.69, 9.17) is 16.9 Å². The third-order valence-electron chi connectivity index (χ3n) is 5.30. The van der Waals surface area contributed by atoms with Gasteiger partial charge in [0.05, 0.1) is 35.4 Å². The molecule has 3 rings (SSSR count). The molecule has 0 radical (unpaired) electrons. The van der Waals surface area contributed by atoms with Gasteiger partial charge in [0, 0.05) is 36.6 Å². The molecule has 1 aromatic heterocycles. The number of benzene rings is 2. The molecule has 0 spiro atoms. The minimum absolute atomic E-state index is 0.0920. The lowest BCUT2D eigenvalue weighted by Gasteiger charge is -2.26. The summed E-state index contributed by atoms with van der Waals surface area (Å²) in [7, 11) is -3.09. The molecule has 9 heteroatoms. The molecule has 174 valence electrons. The van der Waals surface area contributed by atoms with Crippen LogP contribution in [-0.4, -0.2) is 43.0 Å². The fraction of sp³-hybridized carbons (Fsp3) is 0.333. The minimum atomic E-state index is -3.09. The number of rotatable bonds is 12. The summed E-state index contributed by atoms with van der Waals surface area (Å²) in [4.78, 5) is 7.32. The Labute approximate surface area is 200 Å². The first kappa shape index (κ1) is 24.9. The molecule has 3 N–H and O–H groups in total. The maximum atomic E-state index is 11.8. The van der Waals surface area contributed by atoms with Gasteiger partial charge < -0.3 is 15.6 Å². The molecule has 0 saturated carbocycles. The lowest BCUT2D eigenvalue weighted by Crippen LogP contribution is -2.42. The van der Waals surface area contributed by atoms with Crippen LogP contribution >= 0.6 is 11.6 Å². The topological polar surface area (TPSA) is 111 Å². The Morgan fingerprint density at radius 2 is 1.97 bits per heavy atom. The van der Waals surface area contributed by atoms with Crippen molar-refractivity contribution in [2.75, 3.05) is 18.6 Å². The molecule has 1 heterocycles. The molecule has 0 aliphatic heterocycles. The monoisotopic (exact) mass is 485 g/mol. The van der Waals surface area contributed by atoms with Gasteiger partial charge in [-0.05, 0) is 48.2 Å². The summed E-state index contributed by atoms with van der Waals surface area (Å²) in [6, 6.07) is 17.1. The summed E-state index contributed by atoms with van der Waals surface area (Å²) in [5.74, 6) is 0.0933. The van der Waals surface area contributed by atoms with E-state index in [9.17, 15) is 8.42 Å². The Hall–Kier alpha value is -2.70. The van der Waals surface area contributed by atoms with Crippen LogP contribution in [0, 0.1) is 11.3 Å². The van der Waals surface area contributed by atoms with Gasteiger partial charge in [0.1, 0.15) is 9.84 Å².